The van der Waals surface area contributed by atoms with Crippen molar-refractivity contribution in [3.8, 4) is 0 Å². The van der Waals surface area contributed by atoms with E-state index in [9.17, 15) is 0 Å². The first-order valence-electron chi connectivity index (χ1n) is 7.68. The molecule has 1 fully saturated rings. The molecule has 0 aromatic heterocycles. The molecule has 0 aromatic carbocycles. The molecule has 2 nitrogen and oxygen atoms in total. The zero-order chi connectivity index (χ0) is 12.5. The molecule has 17 heavy (non-hydrogen) atoms. The molecule has 0 amide bonds. The fourth-order valence-electron chi connectivity index (χ4n) is 2.94. The Bertz CT molecular complexity index is 172. The highest BCUT2D eigenvalue weighted by Crippen LogP contribution is 2.23. The Morgan fingerprint density at radius 2 is 1.76 bits per heavy atom. The quantitative estimate of drug-likeness (QED) is 0.700. The zero-order valence-corrected chi connectivity index (χ0v) is 12.2. The molecule has 1 N–H and O–H groups in total. The molecule has 1 aliphatic carbocycles. The summed E-state index contributed by atoms with van der Waals surface area (Å²) in [5.74, 6) is 0.974. The van der Waals surface area contributed by atoms with E-state index in [2.05, 4.69) is 31.1 Å². The average Bonchev–Trinajstić information content (AvgIpc) is 2.36. The van der Waals surface area contributed by atoms with Crippen molar-refractivity contribution in [3.63, 3.8) is 0 Å². The second kappa shape index (κ2) is 8.93. The summed E-state index contributed by atoms with van der Waals surface area (Å²) in [6, 6.07) is 0.720. The van der Waals surface area contributed by atoms with Gasteiger partial charge in [-0.3, -0.25) is 0 Å². The molecule has 0 saturated heterocycles. The maximum atomic E-state index is 3.65. The van der Waals surface area contributed by atoms with Crippen LogP contribution in [0.1, 0.15) is 58.8 Å². The molecule has 1 saturated carbocycles. The van der Waals surface area contributed by atoms with Gasteiger partial charge in [0.1, 0.15) is 0 Å². The Balaban J connectivity index is 2.05. The summed E-state index contributed by atoms with van der Waals surface area (Å²) in [5, 5.41) is 3.65. The Kier molecular flexibility index (Phi) is 7.87. The largest absolute Gasteiger partial charge is 0.313 e. The van der Waals surface area contributed by atoms with E-state index in [0.717, 1.165) is 18.5 Å². The summed E-state index contributed by atoms with van der Waals surface area (Å²) < 4.78 is 0. The Labute approximate surface area is 108 Å². The molecule has 1 aliphatic rings. The molecule has 1 rings (SSSR count). The molecular weight excluding hydrogens is 208 g/mol. The Morgan fingerprint density at radius 1 is 1.12 bits per heavy atom. The second-order valence-corrected chi connectivity index (χ2v) is 5.73. The summed E-state index contributed by atoms with van der Waals surface area (Å²) in [6.45, 7) is 8.20. The van der Waals surface area contributed by atoms with Gasteiger partial charge in [0.2, 0.25) is 0 Å². The van der Waals surface area contributed by atoms with Gasteiger partial charge in [-0.1, -0.05) is 33.1 Å². The minimum atomic E-state index is 0.720. The third-order valence-corrected chi connectivity index (χ3v) is 4.21. The van der Waals surface area contributed by atoms with Crippen LogP contribution in [-0.4, -0.2) is 37.6 Å². The van der Waals surface area contributed by atoms with E-state index < -0.39 is 0 Å². The van der Waals surface area contributed by atoms with Crippen LogP contribution in [0.3, 0.4) is 0 Å². The summed E-state index contributed by atoms with van der Waals surface area (Å²) in [4.78, 5) is 2.52. The lowest BCUT2D eigenvalue weighted by Crippen LogP contribution is -2.37. The van der Waals surface area contributed by atoms with Crippen molar-refractivity contribution in [1.29, 1.82) is 0 Å². The lowest BCUT2D eigenvalue weighted by Gasteiger charge is -2.27. The second-order valence-electron chi connectivity index (χ2n) is 5.73. The monoisotopic (exact) mass is 240 g/mol. The average molecular weight is 240 g/mol. The van der Waals surface area contributed by atoms with Gasteiger partial charge in [0.25, 0.3) is 0 Å². The van der Waals surface area contributed by atoms with Gasteiger partial charge in [0.15, 0.2) is 0 Å². The zero-order valence-electron chi connectivity index (χ0n) is 12.2. The van der Waals surface area contributed by atoms with E-state index >= 15 is 0 Å². The SMILES string of the molecule is CCC(CC)NCCN(C)CC1CCCCC1. The van der Waals surface area contributed by atoms with E-state index in [1.807, 2.05) is 0 Å². The lowest BCUT2D eigenvalue weighted by molar-refractivity contribution is 0.231. The van der Waals surface area contributed by atoms with Crippen molar-refractivity contribution < 1.29 is 0 Å². The van der Waals surface area contributed by atoms with Crippen molar-refractivity contribution in [2.45, 2.75) is 64.8 Å². The van der Waals surface area contributed by atoms with Crippen LogP contribution >= 0.6 is 0 Å². The smallest absolute Gasteiger partial charge is 0.0104 e. The maximum absolute atomic E-state index is 3.65. The predicted molar refractivity (Wildman–Crippen MR) is 76.4 cm³/mol. The van der Waals surface area contributed by atoms with Crippen LogP contribution in [0.15, 0.2) is 0 Å². The standard InChI is InChI=1S/C15H32N2/c1-4-15(5-2)16-11-12-17(3)13-14-9-7-6-8-10-14/h14-16H,4-13H2,1-3H3. The number of hydrogen-bond donors (Lipinski definition) is 1. The molecule has 0 spiro atoms. The molecule has 0 unspecified atom stereocenters. The number of rotatable bonds is 8. The summed E-state index contributed by atoms with van der Waals surface area (Å²) in [7, 11) is 2.28. The molecule has 2 heteroatoms. The number of nitrogens with one attached hydrogen (secondary N) is 1. The normalized spacial score (nSPS) is 18.2. The van der Waals surface area contributed by atoms with E-state index in [0.29, 0.717) is 0 Å². The van der Waals surface area contributed by atoms with Crippen molar-refractivity contribution in [3.05, 3.63) is 0 Å². The van der Waals surface area contributed by atoms with Gasteiger partial charge < -0.3 is 10.2 Å². The van der Waals surface area contributed by atoms with E-state index in [-0.39, 0.29) is 0 Å². The Hall–Kier alpha value is -0.0800. The van der Waals surface area contributed by atoms with Gasteiger partial charge in [-0.25, -0.2) is 0 Å². The van der Waals surface area contributed by atoms with Gasteiger partial charge in [0.05, 0.1) is 0 Å². The van der Waals surface area contributed by atoms with Crippen LogP contribution in [0, 0.1) is 5.92 Å². The topological polar surface area (TPSA) is 15.3 Å². The van der Waals surface area contributed by atoms with Gasteiger partial charge in [0, 0.05) is 25.7 Å². The highest BCUT2D eigenvalue weighted by molar-refractivity contribution is 4.70. The first-order chi connectivity index (χ1) is 8.26. The molecule has 102 valence electrons. The highest BCUT2D eigenvalue weighted by atomic mass is 15.1. The minimum absolute atomic E-state index is 0.720. The fraction of sp³-hybridized carbons (Fsp3) is 1.00. The van der Waals surface area contributed by atoms with Crippen LogP contribution < -0.4 is 5.32 Å². The number of likely N-dealkylation sites (N-methyl/N-ethyl adjacent to an activating group) is 1. The van der Waals surface area contributed by atoms with Crippen molar-refractivity contribution >= 4 is 0 Å². The van der Waals surface area contributed by atoms with Crippen LogP contribution in [-0.2, 0) is 0 Å². The molecule has 0 aromatic rings. The third-order valence-electron chi connectivity index (χ3n) is 4.21. The van der Waals surface area contributed by atoms with E-state index in [1.54, 1.807) is 0 Å². The van der Waals surface area contributed by atoms with Gasteiger partial charge >= 0.3 is 0 Å². The summed E-state index contributed by atoms with van der Waals surface area (Å²) in [5.41, 5.74) is 0. The van der Waals surface area contributed by atoms with Gasteiger partial charge in [-0.15, -0.1) is 0 Å². The van der Waals surface area contributed by atoms with Crippen LogP contribution in [0.4, 0.5) is 0 Å². The Morgan fingerprint density at radius 3 is 2.35 bits per heavy atom. The van der Waals surface area contributed by atoms with E-state index in [4.69, 9.17) is 0 Å². The predicted octanol–water partition coefficient (Wildman–Crippen LogP) is 3.28. The first-order valence-corrected chi connectivity index (χ1v) is 7.68. The van der Waals surface area contributed by atoms with Crippen LogP contribution in [0.25, 0.3) is 0 Å². The number of nitrogens with zero attached hydrogens (tertiary/aromatic N) is 1. The molecule has 0 radical (unpaired) electrons. The first kappa shape index (κ1) is 15.0. The van der Waals surface area contributed by atoms with Gasteiger partial charge in [-0.05, 0) is 38.6 Å². The van der Waals surface area contributed by atoms with Gasteiger partial charge in [-0.2, -0.15) is 0 Å². The summed E-state index contributed by atoms with van der Waals surface area (Å²) >= 11 is 0. The fourth-order valence-corrected chi connectivity index (χ4v) is 2.94. The minimum Gasteiger partial charge on any atom is -0.313 e. The maximum Gasteiger partial charge on any atom is 0.0104 e. The summed E-state index contributed by atoms with van der Waals surface area (Å²) in [6.07, 6.45) is 9.83. The molecule has 0 aliphatic heterocycles. The molecule has 0 heterocycles. The van der Waals surface area contributed by atoms with Crippen LogP contribution in [0.2, 0.25) is 0 Å². The molecular formula is C15H32N2. The van der Waals surface area contributed by atoms with E-state index in [1.165, 1.54) is 58.0 Å². The van der Waals surface area contributed by atoms with Crippen molar-refractivity contribution in [2.75, 3.05) is 26.7 Å². The van der Waals surface area contributed by atoms with Crippen molar-refractivity contribution in [2.24, 2.45) is 5.92 Å². The third kappa shape index (κ3) is 6.42. The molecule has 0 atom stereocenters. The molecule has 0 bridgehead atoms. The number of hydrogen-bond acceptors (Lipinski definition) is 2. The van der Waals surface area contributed by atoms with Crippen molar-refractivity contribution in [1.82, 2.24) is 10.2 Å². The van der Waals surface area contributed by atoms with Crippen LogP contribution in [0.5, 0.6) is 0 Å². The lowest BCUT2D eigenvalue weighted by atomic mass is 9.89. The highest BCUT2D eigenvalue weighted by Gasteiger charge is 2.15.